The minimum atomic E-state index is 0.555. The fourth-order valence-corrected chi connectivity index (χ4v) is 3.42. The summed E-state index contributed by atoms with van der Waals surface area (Å²) in [6.45, 7) is 0. The normalized spacial score (nSPS) is 13.1. The molecule has 146 valence electrons. The molecule has 0 saturated heterocycles. The minimum absolute atomic E-state index is 0.555. The highest BCUT2D eigenvalue weighted by molar-refractivity contribution is 5.71. The molecular formula is C23H19N7. The molecule has 1 aliphatic carbocycles. The van der Waals surface area contributed by atoms with Gasteiger partial charge in [-0.1, -0.05) is 0 Å². The smallest absolute Gasteiger partial charge is 0.132 e. The standard InChI is InChI=1S/C23H19N7/c1-30-14-20(13-27-30)18-7-19(12-25-11-18)21-8-17(16-2-3-16)9-23(28-21)29-22-6-15(10-24)4-5-26-22/h4-9,11-14,16H,2-3H2,1H3,(H,26,28,29). The zero-order chi connectivity index (χ0) is 20.5. The molecule has 7 nitrogen and oxygen atoms in total. The van der Waals surface area contributed by atoms with E-state index in [9.17, 15) is 0 Å². The monoisotopic (exact) mass is 393 g/mol. The van der Waals surface area contributed by atoms with Crippen molar-refractivity contribution in [3.63, 3.8) is 0 Å². The van der Waals surface area contributed by atoms with E-state index in [1.165, 1.54) is 18.4 Å². The zero-order valence-electron chi connectivity index (χ0n) is 16.4. The minimum Gasteiger partial charge on any atom is -0.325 e. The number of rotatable bonds is 5. The van der Waals surface area contributed by atoms with Crippen molar-refractivity contribution in [2.75, 3.05) is 5.32 Å². The first-order valence-corrected chi connectivity index (χ1v) is 9.77. The van der Waals surface area contributed by atoms with Gasteiger partial charge in [0.2, 0.25) is 0 Å². The van der Waals surface area contributed by atoms with Crippen molar-refractivity contribution in [3.8, 4) is 28.5 Å². The third-order valence-electron chi connectivity index (χ3n) is 5.11. The SMILES string of the molecule is Cn1cc(-c2cncc(-c3cc(C4CC4)cc(Nc4cc(C#N)ccn4)n3)c2)cn1. The third-order valence-corrected chi connectivity index (χ3v) is 5.11. The van der Waals surface area contributed by atoms with Gasteiger partial charge in [0.05, 0.1) is 23.5 Å². The molecule has 0 radical (unpaired) electrons. The van der Waals surface area contributed by atoms with Crippen molar-refractivity contribution in [1.29, 1.82) is 5.26 Å². The van der Waals surface area contributed by atoms with Crippen LogP contribution < -0.4 is 5.32 Å². The molecule has 4 heterocycles. The Balaban J connectivity index is 1.53. The second-order valence-electron chi connectivity index (χ2n) is 7.48. The lowest BCUT2D eigenvalue weighted by molar-refractivity contribution is 0.768. The highest BCUT2D eigenvalue weighted by atomic mass is 15.2. The van der Waals surface area contributed by atoms with Crippen molar-refractivity contribution in [2.24, 2.45) is 7.05 Å². The van der Waals surface area contributed by atoms with E-state index in [0.717, 1.165) is 22.4 Å². The van der Waals surface area contributed by atoms with Crippen molar-refractivity contribution in [2.45, 2.75) is 18.8 Å². The van der Waals surface area contributed by atoms with Crippen LogP contribution in [-0.4, -0.2) is 24.7 Å². The lowest BCUT2D eigenvalue weighted by Gasteiger charge is -2.11. The second-order valence-corrected chi connectivity index (χ2v) is 7.48. The Morgan fingerprint density at radius 1 is 1.03 bits per heavy atom. The van der Waals surface area contributed by atoms with E-state index in [0.29, 0.717) is 23.1 Å². The Morgan fingerprint density at radius 3 is 2.67 bits per heavy atom. The molecule has 0 amide bonds. The van der Waals surface area contributed by atoms with E-state index >= 15 is 0 Å². The first-order chi connectivity index (χ1) is 14.7. The van der Waals surface area contributed by atoms with Crippen LogP contribution in [0.1, 0.15) is 29.9 Å². The Hall–Kier alpha value is -4.05. The van der Waals surface area contributed by atoms with Crippen LogP contribution in [0.5, 0.6) is 0 Å². The maximum Gasteiger partial charge on any atom is 0.132 e. The molecule has 0 unspecified atom stereocenters. The number of nitriles is 1. The molecule has 0 aromatic carbocycles. The van der Waals surface area contributed by atoms with E-state index in [4.69, 9.17) is 10.2 Å². The van der Waals surface area contributed by atoms with E-state index in [-0.39, 0.29) is 0 Å². The van der Waals surface area contributed by atoms with E-state index in [1.54, 1.807) is 23.0 Å². The molecule has 0 aliphatic heterocycles. The van der Waals surface area contributed by atoms with Gasteiger partial charge < -0.3 is 5.32 Å². The summed E-state index contributed by atoms with van der Waals surface area (Å²) in [5, 5.41) is 16.6. The van der Waals surface area contributed by atoms with Crippen LogP contribution in [0.3, 0.4) is 0 Å². The average Bonchev–Trinajstić information content (AvgIpc) is 3.54. The second kappa shape index (κ2) is 7.41. The number of nitrogens with zero attached hydrogens (tertiary/aromatic N) is 6. The number of pyridine rings is 3. The van der Waals surface area contributed by atoms with Gasteiger partial charge in [-0.2, -0.15) is 10.4 Å². The molecule has 1 N–H and O–H groups in total. The number of hydrogen-bond acceptors (Lipinski definition) is 6. The zero-order valence-corrected chi connectivity index (χ0v) is 16.4. The van der Waals surface area contributed by atoms with Crippen LogP contribution in [0, 0.1) is 11.3 Å². The maximum atomic E-state index is 9.13. The summed E-state index contributed by atoms with van der Waals surface area (Å²) in [7, 11) is 1.90. The quantitative estimate of drug-likeness (QED) is 0.539. The Morgan fingerprint density at radius 2 is 1.90 bits per heavy atom. The molecule has 1 saturated carbocycles. The third kappa shape index (κ3) is 3.76. The molecule has 5 rings (SSSR count). The highest BCUT2D eigenvalue weighted by Crippen LogP contribution is 2.42. The molecule has 0 bridgehead atoms. The van der Waals surface area contributed by atoms with E-state index < -0.39 is 0 Å². The summed E-state index contributed by atoms with van der Waals surface area (Å²) in [6.07, 6.45) is 11.5. The fourth-order valence-electron chi connectivity index (χ4n) is 3.42. The largest absolute Gasteiger partial charge is 0.325 e. The number of anilines is 2. The topological polar surface area (TPSA) is 92.3 Å². The van der Waals surface area contributed by atoms with Crippen LogP contribution in [0.4, 0.5) is 11.6 Å². The molecule has 0 atom stereocenters. The molecular weight excluding hydrogens is 374 g/mol. The van der Waals surface area contributed by atoms with Crippen molar-refractivity contribution in [3.05, 3.63) is 72.4 Å². The van der Waals surface area contributed by atoms with Gasteiger partial charge in [0, 0.05) is 48.5 Å². The molecule has 0 spiro atoms. The van der Waals surface area contributed by atoms with Crippen LogP contribution in [-0.2, 0) is 7.05 Å². The van der Waals surface area contributed by atoms with E-state index in [2.05, 4.69) is 44.7 Å². The first-order valence-electron chi connectivity index (χ1n) is 9.77. The van der Waals surface area contributed by atoms with Gasteiger partial charge in [0.15, 0.2) is 0 Å². The molecule has 4 aromatic rings. The van der Waals surface area contributed by atoms with Gasteiger partial charge in [-0.3, -0.25) is 9.67 Å². The van der Waals surface area contributed by atoms with Crippen LogP contribution in [0.2, 0.25) is 0 Å². The number of nitrogens with one attached hydrogen (secondary N) is 1. The van der Waals surface area contributed by atoms with Gasteiger partial charge >= 0.3 is 0 Å². The summed E-state index contributed by atoms with van der Waals surface area (Å²) in [5.74, 6) is 1.88. The van der Waals surface area contributed by atoms with E-state index in [1.807, 2.05) is 31.8 Å². The number of hydrogen-bond donors (Lipinski definition) is 1. The first kappa shape index (κ1) is 18.0. The number of aryl methyl sites for hydroxylation is 1. The lowest BCUT2D eigenvalue weighted by atomic mass is 10.0. The van der Waals surface area contributed by atoms with Crippen LogP contribution >= 0.6 is 0 Å². The van der Waals surface area contributed by atoms with Crippen LogP contribution in [0.15, 0.2) is 61.3 Å². The Labute approximate surface area is 174 Å². The van der Waals surface area contributed by atoms with Crippen molar-refractivity contribution in [1.82, 2.24) is 24.7 Å². The van der Waals surface area contributed by atoms with Gasteiger partial charge in [0.25, 0.3) is 0 Å². The molecule has 1 fully saturated rings. The summed E-state index contributed by atoms with van der Waals surface area (Å²) in [4.78, 5) is 13.5. The molecule has 4 aromatic heterocycles. The summed E-state index contributed by atoms with van der Waals surface area (Å²) in [5.41, 5.74) is 5.63. The number of aromatic nitrogens is 5. The van der Waals surface area contributed by atoms with Crippen molar-refractivity contribution >= 4 is 11.6 Å². The van der Waals surface area contributed by atoms with Gasteiger partial charge in [-0.25, -0.2) is 9.97 Å². The molecule has 30 heavy (non-hydrogen) atoms. The van der Waals surface area contributed by atoms with Crippen molar-refractivity contribution < 1.29 is 0 Å². The Bertz CT molecular complexity index is 1260. The molecule has 1 aliphatic rings. The predicted octanol–water partition coefficient (Wildman–Crippen LogP) is 4.43. The maximum absolute atomic E-state index is 9.13. The fraction of sp³-hybridized carbons (Fsp3) is 0.174. The van der Waals surface area contributed by atoms with Crippen LogP contribution in [0.25, 0.3) is 22.4 Å². The summed E-state index contributed by atoms with van der Waals surface area (Å²) < 4.78 is 1.78. The molecule has 7 heteroatoms. The van der Waals surface area contributed by atoms with Gasteiger partial charge in [0.1, 0.15) is 11.6 Å². The van der Waals surface area contributed by atoms with Gasteiger partial charge in [-0.05, 0) is 54.7 Å². The summed E-state index contributed by atoms with van der Waals surface area (Å²) in [6, 6.07) is 11.8. The van der Waals surface area contributed by atoms with Gasteiger partial charge in [-0.15, -0.1) is 0 Å². The summed E-state index contributed by atoms with van der Waals surface area (Å²) >= 11 is 0. The Kier molecular flexibility index (Phi) is 4.45. The predicted molar refractivity (Wildman–Crippen MR) is 114 cm³/mol. The lowest BCUT2D eigenvalue weighted by Crippen LogP contribution is -1.99. The highest BCUT2D eigenvalue weighted by Gasteiger charge is 2.25. The average molecular weight is 393 g/mol.